The maximum absolute atomic E-state index is 11.6. The molecule has 6 nitrogen and oxygen atoms in total. The first-order chi connectivity index (χ1) is 11.6. The number of rotatable bonds is 4. The number of esters is 1. The van der Waals surface area contributed by atoms with Crippen molar-refractivity contribution in [3.63, 3.8) is 0 Å². The van der Waals surface area contributed by atoms with Gasteiger partial charge in [-0.15, -0.1) is 0 Å². The van der Waals surface area contributed by atoms with Gasteiger partial charge in [0.1, 0.15) is 22.8 Å². The normalized spacial score (nSPS) is 15.5. The number of phenolic OH excluding ortho intramolecular Hbond substituents is 1. The highest BCUT2D eigenvalue weighted by molar-refractivity contribution is 5.90. The number of methoxy groups -OCH3 is 1. The molecule has 2 heterocycles. The van der Waals surface area contributed by atoms with Gasteiger partial charge in [0.05, 0.1) is 13.7 Å². The molecule has 0 radical (unpaired) electrons. The molecular formula is C18H22N2O4. The Morgan fingerprint density at radius 2 is 1.88 bits per heavy atom. The summed E-state index contributed by atoms with van der Waals surface area (Å²) in [6, 6.07) is 9.06. The Morgan fingerprint density at radius 1 is 1.21 bits per heavy atom. The lowest BCUT2D eigenvalue weighted by Gasteiger charge is -2.35. The fourth-order valence-electron chi connectivity index (χ4n) is 2.98. The smallest absolute Gasteiger partial charge is 0.341 e. The van der Waals surface area contributed by atoms with E-state index in [0.29, 0.717) is 17.9 Å². The number of piperazine rings is 1. The Balaban J connectivity index is 1.57. The van der Waals surface area contributed by atoms with Crippen LogP contribution in [0.1, 0.15) is 21.9 Å². The van der Waals surface area contributed by atoms with Crippen molar-refractivity contribution in [1.29, 1.82) is 0 Å². The summed E-state index contributed by atoms with van der Waals surface area (Å²) in [4.78, 5) is 16.2. The lowest BCUT2D eigenvalue weighted by Crippen LogP contribution is -2.45. The second-order valence-electron chi connectivity index (χ2n) is 5.95. The molecule has 128 valence electrons. The first-order valence-corrected chi connectivity index (χ1v) is 8.01. The molecule has 1 fully saturated rings. The van der Waals surface area contributed by atoms with E-state index in [1.54, 1.807) is 25.1 Å². The molecule has 6 heteroatoms. The highest BCUT2D eigenvalue weighted by Crippen LogP contribution is 2.21. The number of furan rings is 1. The number of anilines is 1. The molecule has 1 N–H and O–H groups in total. The van der Waals surface area contributed by atoms with Crippen LogP contribution >= 0.6 is 0 Å². The lowest BCUT2D eigenvalue weighted by molar-refractivity contribution is 0.0599. The van der Waals surface area contributed by atoms with Crippen molar-refractivity contribution in [2.45, 2.75) is 13.5 Å². The summed E-state index contributed by atoms with van der Waals surface area (Å²) in [6.07, 6.45) is 0. The maximum atomic E-state index is 11.6. The highest BCUT2D eigenvalue weighted by Gasteiger charge is 2.20. The number of nitrogens with zero attached hydrogens (tertiary/aromatic N) is 2. The summed E-state index contributed by atoms with van der Waals surface area (Å²) in [5.74, 6) is 1.30. The fraction of sp³-hybridized carbons (Fsp3) is 0.389. The van der Waals surface area contributed by atoms with Crippen LogP contribution in [0.4, 0.5) is 5.69 Å². The second kappa shape index (κ2) is 6.97. The van der Waals surface area contributed by atoms with Gasteiger partial charge in [-0.3, -0.25) is 4.90 Å². The third-order valence-corrected chi connectivity index (χ3v) is 4.34. The monoisotopic (exact) mass is 330 g/mol. The van der Waals surface area contributed by atoms with Crippen molar-refractivity contribution in [1.82, 2.24) is 4.90 Å². The topological polar surface area (TPSA) is 66.2 Å². The van der Waals surface area contributed by atoms with Gasteiger partial charge in [0.15, 0.2) is 0 Å². The highest BCUT2D eigenvalue weighted by atomic mass is 16.5. The van der Waals surface area contributed by atoms with Gasteiger partial charge in [0.2, 0.25) is 0 Å². The van der Waals surface area contributed by atoms with E-state index in [-0.39, 0.29) is 11.7 Å². The number of carbonyl (C=O) groups is 1. The summed E-state index contributed by atoms with van der Waals surface area (Å²) in [7, 11) is 1.37. The molecule has 0 spiro atoms. The molecule has 0 aliphatic carbocycles. The van der Waals surface area contributed by atoms with Gasteiger partial charge >= 0.3 is 5.97 Å². The number of carbonyl (C=O) groups excluding carboxylic acids is 1. The molecule has 3 rings (SSSR count). The van der Waals surface area contributed by atoms with Crippen molar-refractivity contribution in [3.8, 4) is 5.75 Å². The SMILES string of the molecule is COC(=O)c1cc(CN2CCN(c3ccc(O)cc3)CC2)oc1C. The largest absolute Gasteiger partial charge is 0.508 e. The minimum Gasteiger partial charge on any atom is -0.508 e. The van der Waals surface area contributed by atoms with Gasteiger partial charge in [-0.05, 0) is 37.3 Å². The maximum Gasteiger partial charge on any atom is 0.341 e. The minimum absolute atomic E-state index is 0.284. The molecule has 0 atom stereocenters. The average Bonchev–Trinajstić information content (AvgIpc) is 2.96. The molecule has 0 unspecified atom stereocenters. The summed E-state index contributed by atoms with van der Waals surface area (Å²) in [5.41, 5.74) is 1.62. The van der Waals surface area contributed by atoms with Gasteiger partial charge in [-0.1, -0.05) is 0 Å². The molecule has 1 aromatic carbocycles. The van der Waals surface area contributed by atoms with Gasteiger partial charge in [-0.2, -0.15) is 0 Å². The third-order valence-electron chi connectivity index (χ3n) is 4.34. The number of hydrogen-bond acceptors (Lipinski definition) is 6. The standard InChI is InChI=1S/C18H22N2O4/c1-13-17(18(22)23-2)11-16(24-13)12-19-7-9-20(10-8-19)14-3-5-15(21)6-4-14/h3-6,11,21H,7-10,12H2,1-2H3. The quantitative estimate of drug-likeness (QED) is 0.869. The third kappa shape index (κ3) is 3.54. The van der Waals surface area contributed by atoms with Crippen LogP contribution in [0.25, 0.3) is 0 Å². The van der Waals surface area contributed by atoms with E-state index in [0.717, 1.165) is 37.6 Å². The van der Waals surface area contributed by atoms with Crippen molar-refractivity contribution in [2.24, 2.45) is 0 Å². The van der Waals surface area contributed by atoms with Crippen molar-refractivity contribution < 1.29 is 19.1 Å². The zero-order chi connectivity index (χ0) is 17.1. The molecule has 0 bridgehead atoms. The van der Waals surface area contributed by atoms with Crippen LogP contribution < -0.4 is 4.90 Å². The minimum atomic E-state index is -0.361. The van der Waals surface area contributed by atoms with E-state index >= 15 is 0 Å². The number of benzene rings is 1. The summed E-state index contributed by atoms with van der Waals surface area (Å²) < 4.78 is 10.4. The Bertz CT molecular complexity index is 700. The molecule has 24 heavy (non-hydrogen) atoms. The molecule has 1 aromatic heterocycles. The van der Waals surface area contributed by atoms with Crippen LogP contribution in [0.3, 0.4) is 0 Å². The van der Waals surface area contributed by atoms with Gasteiger partial charge in [0.25, 0.3) is 0 Å². The fourth-order valence-corrected chi connectivity index (χ4v) is 2.98. The number of aryl methyl sites for hydroxylation is 1. The molecule has 1 aliphatic rings. The van der Waals surface area contributed by atoms with Crippen LogP contribution in [0.15, 0.2) is 34.7 Å². The predicted molar refractivity (Wildman–Crippen MR) is 90.4 cm³/mol. The zero-order valence-corrected chi connectivity index (χ0v) is 14.0. The Labute approximate surface area is 141 Å². The first kappa shape index (κ1) is 16.4. The van der Waals surface area contributed by atoms with Crippen LogP contribution in [-0.4, -0.2) is 49.3 Å². The van der Waals surface area contributed by atoms with E-state index in [2.05, 4.69) is 9.80 Å². The van der Waals surface area contributed by atoms with E-state index in [1.165, 1.54) is 7.11 Å². The van der Waals surface area contributed by atoms with Gasteiger partial charge in [-0.25, -0.2) is 4.79 Å². The molecule has 1 saturated heterocycles. The Hall–Kier alpha value is -2.47. The molecule has 0 amide bonds. The van der Waals surface area contributed by atoms with E-state index in [9.17, 15) is 9.90 Å². The van der Waals surface area contributed by atoms with Gasteiger partial charge < -0.3 is 19.2 Å². The molecular weight excluding hydrogens is 308 g/mol. The average molecular weight is 330 g/mol. The predicted octanol–water partition coefficient (Wildman–Crippen LogP) is 2.40. The number of aromatic hydroxyl groups is 1. The molecule has 0 saturated carbocycles. The second-order valence-corrected chi connectivity index (χ2v) is 5.95. The lowest BCUT2D eigenvalue weighted by atomic mass is 10.2. The van der Waals surface area contributed by atoms with E-state index in [1.807, 2.05) is 12.1 Å². The van der Waals surface area contributed by atoms with Crippen molar-refractivity contribution >= 4 is 11.7 Å². The zero-order valence-electron chi connectivity index (χ0n) is 14.0. The summed E-state index contributed by atoms with van der Waals surface area (Å²) in [5, 5.41) is 9.37. The molecule has 1 aliphatic heterocycles. The van der Waals surface area contributed by atoms with Crippen LogP contribution in [0.2, 0.25) is 0 Å². The van der Waals surface area contributed by atoms with Gasteiger partial charge in [0, 0.05) is 31.9 Å². The summed E-state index contributed by atoms with van der Waals surface area (Å²) >= 11 is 0. The van der Waals surface area contributed by atoms with Crippen LogP contribution in [0, 0.1) is 6.92 Å². The first-order valence-electron chi connectivity index (χ1n) is 8.01. The summed E-state index contributed by atoms with van der Waals surface area (Å²) in [6.45, 7) is 6.10. The molecule has 2 aromatic rings. The Morgan fingerprint density at radius 3 is 2.50 bits per heavy atom. The van der Waals surface area contributed by atoms with E-state index in [4.69, 9.17) is 9.15 Å². The van der Waals surface area contributed by atoms with Crippen LogP contribution in [-0.2, 0) is 11.3 Å². The Kier molecular flexibility index (Phi) is 4.76. The number of phenols is 1. The van der Waals surface area contributed by atoms with Crippen LogP contribution in [0.5, 0.6) is 5.75 Å². The van der Waals surface area contributed by atoms with Crippen molar-refractivity contribution in [3.05, 3.63) is 47.4 Å². The number of hydrogen-bond donors (Lipinski definition) is 1. The van der Waals surface area contributed by atoms with Crippen molar-refractivity contribution in [2.75, 3.05) is 38.2 Å². The van der Waals surface area contributed by atoms with E-state index < -0.39 is 0 Å². The number of ether oxygens (including phenoxy) is 1.